The minimum Gasteiger partial charge on any atom is -0.493 e. The van der Waals surface area contributed by atoms with Crippen LogP contribution >= 0.6 is 0 Å². The topological polar surface area (TPSA) is 169 Å². The van der Waals surface area contributed by atoms with Crippen molar-refractivity contribution in [2.45, 2.75) is 11.9 Å². The Morgan fingerprint density at radius 3 is 2.55 bits per heavy atom. The minimum atomic E-state index is -4.24. The number of anilines is 1. The second-order valence-electron chi connectivity index (χ2n) is 7.68. The van der Waals surface area contributed by atoms with Crippen molar-refractivity contribution in [1.82, 2.24) is 19.9 Å². The van der Waals surface area contributed by atoms with E-state index in [-0.39, 0.29) is 53.0 Å². The number of hydrogen-bond acceptors (Lipinski definition) is 11. The number of methoxy groups -OCH3 is 1. The Bertz CT molecular complexity index is 1590. The number of ether oxygens (including phenoxy) is 3. The van der Waals surface area contributed by atoms with E-state index in [9.17, 15) is 18.8 Å². The number of aliphatic hydroxyl groups excluding tert-OH is 1. The van der Waals surface area contributed by atoms with Crippen molar-refractivity contribution >= 4 is 15.8 Å². The van der Waals surface area contributed by atoms with Crippen molar-refractivity contribution in [2.75, 3.05) is 25.0 Å². The van der Waals surface area contributed by atoms with Crippen molar-refractivity contribution in [1.29, 1.82) is 5.26 Å². The number of aryl methyl sites for hydroxylation is 1. The number of rotatable bonds is 10. The maximum atomic E-state index is 13.3. The average Bonchev–Trinajstić information content (AvgIpc) is 2.93. The molecule has 1 aromatic carbocycles. The van der Waals surface area contributed by atoms with Crippen molar-refractivity contribution in [3.8, 4) is 40.6 Å². The molecule has 194 valence electrons. The van der Waals surface area contributed by atoms with E-state index in [0.29, 0.717) is 11.3 Å². The Morgan fingerprint density at radius 1 is 1.08 bits per heavy atom. The molecule has 13 heteroatoms. The largest absolute Gasteiger partial charge is 0.493 e. The van der Waals surface area contributed by atoms with Crippen LogP contribution in [0.5, 0.6) is 23.1 Å². The van der Waals surface area contributed by atoms with Crippen molar-refractivity contribution in [2.24, 2.45) is 0 Å². The van der Waals surface area contributed by atoms with Crippen LogP contribution in [-0.4, -0.2) is 53.8 Å². The van der Waals surface area contributed by atoms with E-state index in [1.54, 1.807) is 43.3 Å². The molecule has 12 nitrogen and oxygen atoms in total. The van der Waals surface area contributed by atoms with Gasteiger partial charge in [0, 0.05) is 18.0 Å². The van der Waals surface area contributed by atoms with Gasteiger partial charge in [0.2, 0.25) is 5.75 Å². The summed E-state index contributed by atoms with van der Waals surface area (Å²) in [5.74, 6) is -0.0293. The quantitative estimate of drug-likeness (QED) is 0.306. The van der Waals surface area contributed by atoms with Crippen LogP contribution in [0, 0.1) is 18.3 Å². The standard InChI is InChI=1S/C25H22N6O6S/c1-16-7-8-21(28-15-16)38(33,34)31-24-22(37-20-6-4-3-5-19(20)35-2)25(36-12-11-32)30-23(29-24)17-9-10-27-18(13-17)14-26/h3-10,13,15,32H,11-12H2,1-2H3,(H,29,30,31). The summed E-state index contributed by atoms with van der Waals surface area (Å²) in [6.45, 7) is 1.25. The summed E-state index contributed by atoms with van der Waals surface area (Å²) in [5.41, 5.74) is 1.24. The Labute approximate surface area is 218 Å². The summed E-state index contributed by atoms with van der Waals surface area (Å²) >= 11 is 0. The highest BCUT2D eigenvalue weighted by Gasteiger charge is 2.26. The minimum absolute atomic E-state index is 0.0128. The fraction of sp³-hybridized carbons (Fsp3) is 0.160. The lowest BCUT2D eigenvalue weighted by molar-refractivity contribution is 0.192. The number of aliphatic hydroxyl groups is 1. The number of sulfonamides is 1. The van der Waals surface area contributed by atoms with E-state index in [1.807, 2.05) is 6.07 Å². The van der Waals surface area contributed by atoms with E-state index < -0.39 is 10.0 Å². The normalized spacial score (nSPS) is 10.9. The van der Waals surface area contributed by atoms with Crippen LogP contribution in [0.25, 0.3) is 11.4 Å². The fourth-order valence-corrected chi connectivity index (χ4v) is 4.13. The second-order valence-corrected chi connectivity index (χ2v) is 9.31. The predicted molar refractivity (Wildman–Crippen MR) is 135 cm³/mol. The van der Waals surface area contributed by atoms with Gasteiger partial charge >= 0.3 is 0 Å². The first-order valence-corrected chi connectivity index (χ1v) is 12.6. The van der Waals surface area contributed by atoms with Gasteiger partial charge in [0.05, 0.1) is 13.7 Å². The number of nitrogens with one attached hydrogen (secondary N) is 1. The van der Waals surface area contributed by atoms with Crippen LogP contribution in [0.1, 0.15) is 11.3 Å². The molecule has 4 aromatic rings. The van der Waals surface area contributed by atoms with Gasteiger partial charge in [0.25, 0.3) is 15.9 Å². The van der Waals surface area contributed by atoms with Crippen LogP contribution < -0.4 is 18.9 Å². The molecule has 0 saturated heterocycles. The molecule has 4 rings (SSSR count). The van der Waals surface area contributed by atoms with E-state index >= 15 is 0 Å². The van der Waals surface area contributed by atoms with E-state index in [2.05, 4.69) is 24.7 Å². The molecule has 0 saturated carbocycles. The molecule has 0 aliphatic rings. The summed E-state index contributed by atoms with van der Waals surface area (Å²) in [6.07, 6.45) is 2.81. The van der Waals surface area contributed by atoms with E-state index in [4.69, 9.17) is 14.2 Å². The zero-order chi connectivity index (χ0) is 27.1. The third-order valence-corrected chi connectivity index (χ3v) is 6.22. The molecule has 0 radical (unpaired) electrons. The Kier molecular flexibility index (Phi) is 7.95. The number of pyridine rings is 2. The van der Waals surface area contributed by atoms with Crippen molar-refractivity contribution in [3.05, 3.63) is 72.2 Å². The molecule has 0 atom stereocenters. The number of nitrogens with zero attached hydrogens (tertiary/aromatic N) is 5. The van der Waals surface area contributed by atoms with Crippen molar-refractivity contribution in [3.63, 3.8) is 0 Å². The number of aromatic nitrogens is 4. The maximum absolute atomic E-state index is 13.3. The van der Waals surface area contributed by atoms with Crippen LogP contribution in [0.15, 0.2) is 66.0 Å². The first-order chi connectivity index (χ1) is 18.3. The first-order valence-electron chi connectivity index (χ1n) is 11.1. The summed E-state index contributed by atoms with van der Waals surface area (Å²) < 4.78 is 45.9. The summed E-state index contributed by atoms with van der Waals surface area (Å²) in [6, 6.07) is 14.6. The maximum Gasteiger partial charge on any atom is 0.280 e. The number of nitriles is 1. The van der Waals surface area contributed by atoms with Gasteiger partial charge in [0.1, 0.15) is 18.4 Å². The Hall–Kier alpha value is -4.80. The molecule has 0 spiro atoms. The van der Waals surface area contributed by atoms with E-state index in [0.717, 1.165) is 5.56 Å². The number of benzene rings is 1. The Morgan fingerprint density at radius 2 is 1.87 bits per heavy atom. The number of hydrogen-bond donors (Lipinski definition) is 2. The zero-order valence-electron chi connectivity index (χ0n) is 20.3. The van der Waals surface area contributed by atoms with Gasteiger partial charge in [0.15, 0.2) is 28.2 Å². The molecule has 0 unspecified atom stereocenters. The molecule has 0 aliphatic heterocycles. The molecule has 0 fully saturated rings. The van der Waals surface area contributed by atoms with Gasteiger partial charge in [-0.2, -0.15) is 18.7 Å². The zero-order valence-corrected chi connectivity index (χ0v) is 21.1. The van der Waals surface area contributed by atoms with Crippen molar-refractivity contribution < 1.29 is 27.7 Å². The van der Waals surface area contributed by atoms with Crippen LogP contribution in [-0.2, 0) is 10.0 Å². The van der Waals surface area contributed by atoms with Gasteiger partial charge in [-0.15, -0.1) is 0 Å². The summed E-state index contributed by atoms with van der Waals surface area (Å²) in [5, 5.41) is 18.4. The monoisotopic (exact) mass is 534 g/mol. The van der Waals surface area contributed by atoms with Crippen LogP contribution in [0.2, 0.25) is 0 Å². The fourth-order valence-electron chi connectivity index (χ4n) is 3.20. The van der Waals surface area contributed by atoms with Gasteiger partial charge in [-0.1, -0.05) is 18.2 Å². The van der Waals surface area contributed by atoms with Gasteiger partial charge in [-0.05, 0) is 42.8 Å². The average molecular weight is 535 g/mol. The predicted octanol–water partition coefficient (Wildman–Crippen LogP) is 3.09. The van der Waals surface area contributed by atoms with E-state index in [1.165, 1.54) is 31.6 Å². The first kappa shape index (κ1) is 26.3. The van der Waals surface area contributed by atoms with Gasteiger partial charge in [-0.25, -0.2) is 15.0 Å². The highest BCUT2D eigenvalue weighted by molar-refractivity contribution is 7.92. The molecule has 3 heterocycles. The smallest absolute Gasteiger partial charge is 0.280 e. The molecule has 2 N–H and O–H groups in total. The second kappa shape index (κ2) is 11.5. The SMILES string of the molecule is COc1ccccc1Oc1c(NS(=O)(=O)c2ccc(C)cn2)nc(-c2ccnc(C#N)c2)nc1OCCO. The summed E-state index contributed by atoms with van der Waals surface area (Å²) in [4.78, 5) is 16.7. The van der Waals surface area contributed by atoms with Gasteiger partial charge < -0.3 is 19.3 Å². The highest BCUT2D eigenvalue weighted by atomic mass is 32.2. The van der Waals surface area contributed by atoms with Gasteiger partial charge in [-0.3, -0.25) is 4.72 Å². The molecule has 0 bridgehead atoms. The molecular weight excluding hydrogens is 512 g/mol. The lowest BCUT2D eigenvalue weighted by atomic mass is 10.2. The summed E-state index contributed by atoms with van der Waals surface area (Å²) in [7, 11) is -2.79. The molecule has 0 amide bonds. The third kappa shape index (κ3) is 5.94. The molecule has 3 aromatic heterocycles. The molecule has 0 aliphatic carbocycles. The lowest BCUT2D eigenvalue weighted by Gasteiger charge is -2.18. The highest BCUT2D eigenvalue weighted by Crippen LogP contribution is 2.41. The molecular formula is C25H22N6O6S. The van der Waals surface area contributed by atoms with Crippen LogP contribution in [0.4, 0.5) is 5.82 Å². The molecule has 38 heavy (non-hydrogen) atoms. The third-order valence-electron chi connectivity index (χ3n) is 4.97. The Balaban J connectivity index is 1.91. The van der Waals surface area contributed by atoms with Crippen LogP contribution in [0.3, 0.4) is 0 Å². The number of para-hydroxylation sites is 2. The lowest BCUT2D eigenvalue weighted by Crippen LogP contribution is -2.17.